The van der Waals surface area contributed by atoms with Crippen LogP contribution in [0.4, 0.5) is 0 Å². The zero-order chi connectivity index (χ0) is 11.6. The molecule has 0 radical (unpaired) electrons. The van der Waals surface area contributed by atoms with Gasteiger partial charge in [-0.05, 0) is 12.8 Å². The lowest BCUT2D eigenvalue weighted by Crippen LogP contribution is -2.45. The number of hydrogen-bond donors (Lipinski definition) is 1. The quantitative estimate of drug-likeness (QED) is 0.812. The summed E-state index contributed by atoms with van der Waals surface area (Å²) in [5, 5.41) is 6.19. The molecule has 0 bridgehead atoms. The van der Waals surface area contributed by atoms with E-state index in [0.29, 0.717) is 12.4 Å². The Morgan fingerprint density at radius 2 is 2.31 bits per heavy atom. The van der Waals surface area contributed by atoms with Gasteiger partial charge in [-0.1, -0.05) is 6.42 Å². The molecule has 1 aliphatic rings. The van der Waals surface area contributed by atoms with Crippen LogP contribution in [0.3, 0.4) is 0 Å². The minimum absolute atomic E-state index is 0.110. The molecule has 1 N–H and O–H groups in total. The number of alkyl halides is 1. The number of aromatic amines is 1. The molecule has 1 aromatic rings. The summed E-state index contributed by atoms with van der Waals surface area (Å²) in [7, 11) is -3.42. The Bertz CT molecular complexity index is 428. The van der Waals surface area contributed by atoms with Crippen molar-refractivity contribution in [2.45, 2.75) is 30.2 Å². The van der Waals surface area contributed by atoms with E-state index in [9.17, 15) is 8.42 Å². The SMILES string of the molecule is O=S(=O)(c1cn[nH]c1)N(CCCl)C1CCC1. The number of aromatic nitrogens is 2. The van der Waals surface area contributed by atoms with Gasteiger partial charge in [-0.2, -0.15) is 9.40 Å². The molecule has 0 aliphatic heterocycles. The van der Waals surface area contributed by atoms with Crippen LogP contribution in [-0.4, -0.2) is 41.4 Å². The lowest BCUT2D eigenvalue weighted by atomic mass is 9.93. The third-order valence-corrected chi connectivity index (χ3v) is 4.95. The number of nitrogens with zero attached hydrogens (tertiary/aromatic N) is 2. The number of rotatable bonds is 5. The van der Waals surface area contributed by atoms with Crippen LogP contribution in [0.5, 0.6) is 0 Å². The van der Waals surface area contributed by atoms with E-state index in [-0.39, 0.29) is 10.9 Å². The van der Waals surface area contributed by atoms with Crippen molar-refractivity contribution in [3.05, 3.63) is 12.4 Å². The lowest BCUT2D eigenvalue weighted by molar-refractivity contribution is 0.227. The van der Waals surface area contributed by atoms with Crippen LogP contribution in [0.25, 0.3) is 0 Å². The Morgan fingerprint density at radius 3 is 2.75 bits per heavy atom. The van der Waals surface area contributed by atoms with Crippen LogP contribution < -0.4 is 0 Å². The fourth-order valence-electron chi connectivity index (χ4n) is 1.77. The molecule has 1 fully saturated rings. The van der Waals surface area contributed by atoms with E-state index < -0.39 is 10.0 Å². The standard InChI is InChI=1S/C9H14ClN3O2S/c10-4-5-13(8-2-1-3-8)16(14,15)9-6-11-12-7-9/h6-8H,1-5H2,(H,11,12). The lowest BCUT2D eigenvalue weighted by Gasteiger charge is -2.35. The normalized spacial score (nSPS) is 17.6. The molecule has 90 valence electrons. The first-order chi connectivity index (χ1) is 7.66. The molecular formula is C9H14ClN3O2S. The summed E-state index contributed by atoms with van der Waals surface area (Å²) in [4.78, 5) is 0.213. The second-order valence-corrected chi connectivity index (χ2v) is 6.09. The van der Waals surface area contributed by atoms with E-state index in [1.807, 2.05) is 0 Å². The zero-order valence-corrected chi connectivity index (χ0v) is 10.3. The summed E-state index contributed by atoms with van der Waals surface area (Å²) in [6.45, 7) is 0.361. The van der Waals surface area contributed by atoms with Crippen molar-refractivity contribution in [2.75, 3.05) is 12.4 Å². The first-order valence-corrected chi connectivity index (χ1v) is 7.20. The van der Waals surface area contributed by atoms with Gasteiger partial charge in [0, 0.05) is 24.7 Å². The molecule has 1 aliphatic carbocycles. The van der Waals surface area contributed by atoms with E-state index in [2.05, 4.69) is 10.2 Å². The molecule has 0 amide bonds. The fraction of sp³-hybridized carbons (Fsp3) is 0.667. The van der Waals surface area contributed by atoms with Crippen LogP contribution in [0.1, 0.15) is 19.3 Å². The predicted octanol–water partition coefficient (Wildman–Crippen LogP) is 1.19. The van der Waals surface area contributed by atoms with Crippen molar-refractivity contribution in [1.82, 2.24) is 14.5 Å². The van der Waals surface area contributed by atoms with Crippen molar-refractivity contribution in [2.24, 2.45) is 0 Å². The van der Waals surface area contributed by atoms with Crippen molar-refractivity contribution in [3.63, 3.8) is 0 Å². The smallest absolute Gasteiger partial charge is 0.246 e. The zero-order valence-electron chi connectivity index (χ0n) is 8.76. The summed E-state index contributed by atoms with van der Waals surface area (Å²) in [5.41, 5.74) is 0. The van der Waals surface area contributed by atoms with E-state index in [4.69, 9.17) is 11.6 Å². The molecule has 0 unspecified atom stereocenters. The molecule has 7 heteroatoms. The Kier molecular flexibility index (Phi) is 3.51. The van der Waals surface area contributed by atoms with Crippen LogP contribution >= 0.6 is 11.6 Å². The Hall–Kier alpha value is -0.590. The maximum absolute atomic E-state index is 12.2. The largest absolute Gasteiger partial charge is 0.284 e. The van der Waals surface area contributed by atoms with Gasteiger partial charge in [-0.3, -0.25) is 5.10 Å². The van der Waals surface area contributed by atoms with Crippen LogP contribution in [0.2, 0.25) is 0 Å². The van der Waals surface area contributed by atoms with Gasteiger partial charge >= 0.3 is 0 Å². The van der Waals surface area contributed by atoms with Crippen molar-refractivity contribution >= 4 is 21.6 Å². The number of nitrogens with one attached hydrogen (secondary N) is 1. The molecule has 5 nitrogen and oxygen atoms in total. The topological polar surface area (TPSA) is 66.1 Å². The third-order valence-electron chi connectivity index (χ3n) is 2.87. The molecule has 2 rings (SSSR count). The maximum Gasteiger partial charge on any atom is 0.246 e. The minimum atomic E-state index is -3.42. The van der Waals surface area contributed by atoms with E-state index in [0.717, 1.165) is 19.3 Å². The predicted molar refractivity (Wildman–Crippen MR) is 60.8 cm³/mol. The van der Waals surface area contributed by atoms with Gasteiger partial charge in [0.15, 0.2) is 0 Å². The summed E-state index contributed by atoms with van der Waals surface area (Å²) >= 11 is 5.66. The van der Waals surface area contributed by atoms with Gasteiger partial charge in [0.05, 0.1) is 6.20 Å². The van der Waals surface area contributed by atoms with E-state index in [1.165, 1.54) is 16.7 Å². The Morgan fingerprint density at radius 1 is 1.56 bits per heavy atom. The van der Waals surface area contributed by atoms with Crippen molar-refractivity contribution in [3.8, 4) is 0 Å². The van der Waals surface area contributed by atoms with Gasteiger partial charge in [-0.25, -0.2) is 8.42 Å². The van der Waals surface area contributed by atoms with Crippen LogP contribution in [-0.2, 0) is 10.0 Å². The van der Waals surface area contributed by atoms with E-state index >= 15 is 0 Å². The summed E-state index contributed by atoms with van der Waals surface area (Å²) in [5.74, 6) is 0.313. The number of sulfonamides is 1. The average Bonchev–Trinajstić information content (AvgIpc) is 2.67. The van der Waals surface area contributed by atoms with Gasteiger partial charge in [-0.15, -0.1) is 11.6 Å². The molecular weight excluding hydrogens is 250 g/mol. The molecule has 0 spiro atoms. The number of halogens is 1. The first-order valence-electron chi connectivity index (χ1n) is 5.23. The van der Waals surface area contributed by atoms with E-state index in [1.54, 1.807) is 0 Å². The summed E-state index contributed by atoms with van der Waals surface area (Å²) in [6.07, 6.45) is 5.66. The highest BCUT2D eigenvalue weighted by Crippen LogP contribution is 2.29. The Balaban J connectivity index is 2.24. The molecule has 0 aromatic carbocycles. The van der Waals surface area contributed by atoms with Crippen LogP contribution in [0, 0.1) is 0 Å². The molecule has 0 atom stereocenters. The first kappa shape index (κ1) is 11.9. The summed E-state index contributed by atoms with van der Waals surface area (Å²) in [6, 6.07) is 0.110. The van der Waals surface area contributed by atoms with Crippen LogP contribution in [0.15, 0.2) is 17.3 Å². The molecule has 1 heterocycles. The van der Waals surface area contributed by atoms with Gasteiger partial charge < -0.3 is 0 Å². The molecule has 1 saturated carbocycles. The van der Waals surface area contributed by atoms with Crippen molar-refractivity contribution < 1.29 is 8.42 Å². The van der Waals surface area contributed by atoms with Gasteiger partial charge in [0.25, 0.3) is 0 Å². The maximum atomic E-state index is 12.2. The monoisotopic (exact) mass is 263 g/mol. The second-order valence-electron chi connectivity index (χ2n) is 3.82. The fourth-order valence-corrected chi connectivity index (χ4v) is 3.65. The number of H-pyrrole nitrogens is 1. The minimum Gasteiger partial charge on any atom is -0.284 e. The Labute approximate surface area is 99.8 Å². The molecule has 16 heavy (non-hydrogen) atoms. The highest BCUT2D eigenvalue weighted by molar-refractivity contribution is 7.89. The van der Waals surface area contributed by atoms with Crippen molar-refractivity contribution in [1.29, 1.82) is 0 Å². The van der Waals surface area contributed by atoms with Gasteiger partial charge in [0.2, 0.25) is 10.0 Å². The molecule has 0 saturated heterocycles. The highest BCUT2D eigenvalue weighted by atomic mass is 35.5. The van der Waals surface area contributed by atoms with Gasteiger partial charge in [0.1, 0.15) is 4.90 Å². The average molecular weight is 264 g/mol. The summed E-state index contributed by atoms with van der Waals surface area (Å²) < 4.78 is 25.9. The second kappa shape index (κ2) is 4.73. The molecule has 1 aromatic heterocycles. The highest BCUT2D eigenvalue weighted by Gasteiger charge is 2.34. The third kappa shape index (κ3) is 2.09. The number of hydrogen-bond acceptors (Lipinski definition) is 3.